The molecule has 0 saturated heterocycles. The fraction of sp³-hybridized carbons (Fsp3) is 0.417. The highest BCUT2D eigenvalue weighted by Gasteiger charge is 2.16. The van der Waals surface area contributed by atoms with E-state index in [0.29, 0.717) is 6.54 Å². The van der Waals surface area contributed by atoms with E-state index in [4.69, 9.17) is 17.3 Å². The molecular weight excluding hydrogens is 243 g/mol. The Hall–Kier alpha value is -1.13. The lowest BCUT2D eigenvalue weighted by Crippen LogP contribution is -2.38. The zero-order valence-electron chi connectivity index (χ0n) is 9.84. The molecule has 0 aliphatic heterocycles. The van der Waals surface area contributed by atoms with Gasteiger partial charge in [-0.25, -0.2) is 4.39 Å². The van der Waals surface area contributed by atoms with Crippen molar-refractivity contribution in [3.05, 3.63) is 34.6 Å². The molecule has 17 heavy (non-hydrogen) atoms. The summed E-state index contributed by atoms with van der Waals surface area (Å²) in [5.41, 5.74) is 6.37. The van der Waals surface area contributed by atoms with E-state index < -0.39 is 5.82 Å². The van der Waals surface area contributed by atoms with E-state index in [1.807, 2.05) is 0 Å². The highest BCUT2D eigenvalue weighted by atomic mass is 35.5. The van der Waals surface area contributed by atoms with Gasteiger partial charge in [-0.2, -0.15) is 0 Å². The van der Waals surface area contributed by atoms with Crippen LogP contribution in [0.1, 0.15) is 19.4 Å². The number of benzene rings is 1. The molecule has 2 atom stereocenters. The summed E-state index contributed by atoms with van der Waals surface area (Å²) in [7, 11) is 0. The normalized spacial score (nSPS) is 14.2. The fourth-order valence-corrected chi connectivity index (χ4v) is 1.44. The third-order valence-corrected chi connectivity index (χ3v) is 2.94. The zero-order valence-corrected chi connectivity index (χ0v) is 10.6. The Morgan fingerprint density at radius 1 is 1.53 bits per heavy atom. The van der Waals surface area contributed by atoms with E-state index in [2.05, 4.69) is 5.32 Å². The molecule has 0 aromatic heterocycles. The summed E-state index contributed by atoms with van der Waals surface area (Å²) in [6, 6.07) is 4.15. The second kappa shape index (κ2) is 5.98. The van der Waals surface area contributed by atoms with Gasteiger partial charge in [0, 0.05) is 18.5 Å². The highest BCUT2D eigenvalue weighted by molar-refractivity contribution is 6.30. The van der Waals surface area contributed by atoms with Gasteiger partial charge in [-0.3, -0.25) is 4.79 Å². The molecule has 0 bridgehead atoms. The summed E-state index contributed by atoms with van der Waals surface area (Å²) in [4.78, 5) is 11.6. The van der Waals surface area contributed by atoms with Crippen LogP contribution in [0.2, 0.25) is 5.02 Å². The molecule has 0 saturated carbocycles. The molecule has 3 N–H and O–H groups in total. The maximum atomic E-state index is 12.9. The number of nitrogens with two attached hydrogens (primary N) is 1. The highest BCUT2D eigenvalue weighted by Crippen LogP contribution is 2.15. The molecule has 0 radical (unpaired) electrons. The Balaban J connectivity index is 2.56. The van der Waals surface area contributed by atoms with Crippen LogP contribution in [0.15, 0.2) is 18.2 Å². The lowest BCUT2D eigenvalue weighted by molar-refractivity contribution is -0.125. The van der Waals surface area contributed by atoms with Gasteiger partial charge in [0.05, 0.1) is 5.02 Å². The van der Waals surface area contributed by atoms with Crippen LogP contribution in [0.4, 0.5) is 4.39 Å². The third-order valence-electron chi connectivity index (χ3n) is 2.65. The van der Waals surface area contributed by atoms with Gasteiger partial charge in [-0.05, 0) is 24.6 Å². The van der Waals surface area contributed by atoms with Crippen molar-refractivity contribution in [2.75, 3.05) is 0 Å². The van der Waals surface area contributed by atoms with Gasteiger partial charge in [0.25, 0.3) is 0 Å². The lowest BCUT2D eigenvalue weighted by Gasteiger charge is -2.15. The first kappa shape index (κ1) is 13.9. The molecule has 0 aliphatic carbocycles. The first-order valence-electron chi connectivity index (χ1n) is 5.39. The molecule has 2 unspecified atom stereocenters. The first-order valence-corrected chi connectivity index (χ1v) is 5.77. The van der Waals surface area contributed by atoms with Crippen LogP contribution in [0.25, 0.3) is 0 Å². The van der Waals surface area contributed by atoms with Gasteiger partial charge in [-0.1, -0.05) is 24.6 Å². The van der Waals surface area contributed by atoms with E-state index in [-0.39, 0.29) is 22.9 Å². The number of carbonyl (C=O) groups is 1. The summed E-state index contributed by atoms with van der Waals surface area (Å²) < 4.78 is 12.9. The van der Waals surface area contributed by atoms with E-state index in [1.165, 1.54) is 12.1 Å². The first-order chi connectivity index (χ1) is 7.91. The SMILES string of the molecule is CC(N)C(C)C(=O)NCc1ccc(F)c(Cl)c1. The van der Waals surface area contributed by atoms with Crippen LogP contribution >= 0.6 is 11.6 Å². The van der Waals surface area contributed by atoms with Crippen molar-refractivity contribution in [1.82, 2.24) is 5.32 Å². The maximum absolute atomic E-state index is 12.9. The largest absolute Gasteiger partial charge is 0.352 e. The van der Waals surface area contributed by atoms with Crippen LogP contribution in [-0.4, -0.2) is 11.9 Å². The third kappa shape index (κ3) is 3.98. The molecule has 0 spiro atoms. The Morgan fingerprint density at radius 2 is 2.18 bits per heavy atom. The van der Waals surface area contributed by atoms with E-state index in [9.17, 15) is 9.18 Å². The van der Waals surface area contributed by atoms with E-state index in [1.54, 1.807) is 19.9 Å². The standard InChI is InChI=1S/C12H16ClFN2O/c1-7(8(2)15)12(17)16-6-9-3-4-11(14)10(13)5-9/h3-5,7-8H,6,15H2,1-2H3,(H,16,17). The number of hydrogen-bond acceptors (Lipinski definition) is 2. The summed E-state index contributed by atoms with van der Waals surface area (Å²) in [6.45, 7) is 3.85. The van der Waals surface area contributed by atoms with Crippen LogP contribution in [0, 0.1) is 11.7 Å². The number of halogens is 2. The topological polar surface area (TPSA) is 55.1 Å². The second-order valence-electron chi connectivity index (χ2n) is 4.11. The van der Waals surface area contributed by atoms with Crippen molar-refractivity contribution in [2.24, 2.45) is 11.7 Å². The summed E-state index contributed by atoms with van der Waals surface area (Å²) >= 11 is 5.63. The van der Waals surface area contributed by atoms with Crippen LogP contribution in [0.3, 0.4) is 0 Å². The zero-order chi connectivity index (χ0) is 13.0. The van der Waals surface area contributed by atoms with E-state index in [0.717, 1.165) is 5.56 Å². The smallest absolute Gasteiger partial charge is 0.224 e. The Morgan fingerprint density at radius 3 is 2.71 bits per heavy atom. The van der Waals surface area contributed by atoms with Gasteiger partial charge < -0.3 is 11.1 Å². The van der Waals surface area contributed by atoms with Crippen LogP contribution < -0.4 is 11.1 Å². The molecule has 3 nitrogen and oxygen atoms in total. The number of rotatable bonds is 4. The number of carbonyl (C=O) groups excluding carboxylic acids is 1. The lowest BCUT2D eigenvalue weighted by atomic mass is 10.0. The molecule has 1 amide bonds. The summed E-state index contributed by atoms with van der Waals surface area (Å²) in [5, 5.41) is 2.78. The fourth-order valence-electron chi connectivity index (χ4n) is 1.24. The minimum atomic E-state index is -0.467. The maximum Gasteiger partial charge on any atom is 0.224 e. The van der Waals surface area contributed by atoms with Crippen molar-refractivity contribution in [3.63, 3.8) is 0 Å². The van der Waals surface area contributed by atoms with Crippen molar-refractivity contribution in [2.45, 2.75) is 26.4 Å². The molecule has 0 heterocycles. The quantitative estimate of drug-likeness (QED) is 0.869. The minimum absolute atomic E-state index is 0.0528. The Kier molecular flexibility index (Phi) is 4.90. The molecule has 1 aromatic carbocycles. The van der Waals surface area contributed by atoms with Crippen LogP contribution in [0.5, 0.6) is 0 Å². The van der Waals surface area contributed by atoms with Crippen molar-refractivity contribution in [1.29, 1.82) is 0 Å². The van der Waals surface area contributed by atoms with Gasteiger partial charge in [0.2, 0.25) is 5.91 Å². The number of amides is 1. The van der Waals surface area contributed by atoms with Gasteiger partial charge in [0.15, 0.2) is 0 Å². The van der Waals surface area contributed by atoms with Crippen LogP contribution in [-0.2, 0) is 11.3 Å². The molecule has 0 aliphatic rings. The average Bonchev–Trinajstić information content (AvgIpc) is 2.29. The Bertz CT molecular complexity index is 409. The molecule has 5 heteroatoms. The molecular formula is C12H16ClFN2O. The van der Waals surface area contributed by atoms with E-state index >= 15 is 0 Å². The summed E-state index contributed by atoms with van der Waals surface area (Å²) in [6.07, 6.45) is 0. The minimum Gasteiger partial charge on any atom is -0.352 e. The van der Waals surface area contributed by atoms with Crippen molar-refractivity contribution >= 4 is 17.5 Å². The second-order valence-corrected chi connectivity index (χ2v) is 4.52. The number of nitrogens with one attached hydrogen (secondary N) is 1. The monoisotopic (exact) mass is 258 g/mol. The van der Waals surface area contributed by atoms with Gasteiger partial charge in [-0.15, -0.1) is 0 Å². The molecule has 94 valence electrons. The predicted octanol–water partition coefficient (Wildman–Crippen LogP) is 2.08. The summed E-state index contributed by atoms with van der Waals surface area (Å²) in [5.74, 6) is -0.850. The van der Waals surface area contributed by atoms with Crippen molar-refractivity contribution < 1.29 is 9.18 Å². The molecule has 0 fully saturated rings. The van der Waals surface area contributed by atoms with Gasteiger partial charge >= 0.3 is 0 Å². The number of hydrogen-bond donors (Lipinski definition) is 2. The average molecular weight is 259 g/mol. The van der Waals surface area contributed by atoms with Crippen molar-refractivity contribution in [3.8, 4) is 0 Å². The van der Waals surface area contributed by atoms with Gasteiger partial charge in [0.1, 0.15) is 5.82 Å². The molecule has 1 aromatic rings. The molecule has 1 rings (SSSR count). The Labute approximate surface area is 105 Å². The predicted molar refractivity (Wildman–Crippen MR) is 66.1 cm³/mol.